The predicted octanol–water partition coefficient (Wildman–Crippen LogP) is 4.98. The van der Waals surface area contributed by atoms with Gasteiger partial charge in [0, 0.05) is 59.8 Å². The molecule has 0 bridgehead atoms. The van der Waals surface area contributed by atoms with Gasteiger partial charge in [0.1, 0.15) is 5.82 Å². The average Bonchev–Trinajstić information content (AvgIpc) is 2.88. The maximum Gasteiger partial charge on any atom is 0.335 e. The topological polar surface area (TPSA) is 111 Å². The van der Waals surface area contributed by atoms with Crippen LogP contribution in [0.1, 0.15) is 34.3 Å². The monoisotopic (exact) mass is 529 g/mol. The number of aromatic nitrogens is 2. The highest BCUT2D eigenvalue weighted by Gasteiger charge is 2.30. The number of ether oxygens (including phenoxy) is 1. The number of anilines is 1. The zero-order valence-electron chi connectivity index (χ0n) is 20.9. The Morgan fingerprint density at radius 1 is 1.13 bits per heavy atom. The number of nitriles is 1. The lowest BCUT2D eigenvalue weighted by atomic mass is 10.0. The molecule has 0 aliphatic carbocycles. The number of nitrogens with zero attached hydrogens (tertiary/aromatic N) is 4. The van der Waals surface area contributed by atoms with E-state index in [1.165, 1.54) is 0 Å². The van der Waals surface area contributed by atoms with Gasteiger partial charge in [0.2, 0.25) is 0 Å². The molecule has 2 aromatic carbocycles. The number of carboxylic acid groups (broad SMARTS) is 1. The number of hydrogen-bond acceptors (Lipinski definition) is 7. The standard InChI is InChI=1S/C29H28ClN5O3/c30-22-12-19(5-7-31)11-20(13-22)15-32-8-1-2-10-38-23-17-35(18-23)28-25-6-9-33-16-26(25)24-4-3-21(29(36)37)14-27(24)34-28/h3-4,6,9,11-14,16,23,32H,1-2,5,8,10,15,17-18H2,(H,36,37). The molecule has 2 N–H and O–H groups in total. The minimum absolute atomic E-state index is 0.146. The number of aromatic carboxylic acids is 1. The fourth-order valence-electron chi connectivity index (χ4n) is 4.77. The average molecular weight is 530 g/mol. The van der Waals surface area contributed by atoms with Gasteiger partial charge in [-0.3, -0.25) is 4.98 Å². The van der Waals surface area contributed by atoms with Crippen molar-refractivity contribution in [1.82, 2.24) is 15.3 Å². The van der Waals surface area contributed by atoms with E-state index in [0.29, 0.717) is 30.1 Å². The minimum Gasteiger partial charge on any atom is -0.478 e. The molecule has 9 heteroatoms. The van der Waals surface area contributed by atoms with Gasteiger partial charge >= 0.3 is 5.97 Å². The van der Waals surface area contributed by atoms with Crippen LogP contribution in [0.25, 0.3) is 21.7 Å². The van der Waals surface area contributed by atoms with Gasteiger partial charge in [-0.25, -0.2) is 9.78 Å². The lowest BCUT2D eigenvalue weighted by Crippen LogP contribution is -2.52. The number of rotatable bonds is 11. The summed E-state index contributed by atoms with van der Waals surface area (Å²) in [6.07, 6.45) is 6.02. The number of halogens is 1. The van der Waals surface area contributed by atoms with E-state index in [2.05, 4.69) is 21.3 Å². The molecule has 1 aliphatic rings. The summed E-state index contributed by atoms with van der Waals surface area (Å²) in [4.78, 5) is 22.7. The van der Waals surface area contributed by atoms with Gasteiger partial charge in [0.15, 0.2) is 0 Å². The molecule has 0 unspecified atom stereocenters. The van der Waals surface area contributed by atoms with Gasteiger partial charge < -0.3 is 20.1 Å². The summed E-state index contributed by atoms with van der Waals surface area (Å²) in [6.45, 7) is 3.77. The van der Waals surface area contributed by atoms with Gasteiger partial charge in [-0.05, 0) is 60.8 Å². The number of carbonyl (C=O) groups is 1. The van der Waals surface area contributed by atoms with Crippen LogP contribution in [-0.4, -0.2) is 53.4 Å². The molecule has 0 spiro atoms. The number of fused-ring (bicyclic) bond motifs is 3. The molecular formula is C29H28ClN5O3. The molecule has 4 aromatic rings. The van der Waals surface area contributed by atoms with Crippen LogP contribution in [0, 0.1) is 11.3 Å². The Balaban J connectivity index is 1.09. The van der Waals surface area contributed by atoms with Gasteiger partial charge in [0.05, 0.1) is 29.7 Å². The Morgan fingerprint density at radius 3 is 2.79 bits per heavy atom. The van der Waals surface area contributed by atoms with Crippen LogP contribution in [0.5, 0.6) is 0 Å². The Morgan fingerprint density at radius 2 is 1.97 bits per heavy atom. The zero-order chi connectivity index (χ0) is 26.5. The lowest BCUT2D eigenvalue weighted by molar-refractivity contribution is 0.0321. The third kappa shape index (κ3) is 5.86. The first kappa shape index (κ1) is 25.9. The highest BCUT2D eigenvalue weighted by atomic mass is 35.5. The van der Waals surface area contributed by atoms with Crippen LogP contribution in [0.2, 0.25) is 5.02 Å². The molecule has 0 radical (unpaired) electrons. The third-order valence-electron chi connectivity index (χ3n) is 6.70. The van der Waals surface area contributed by atoms with Crippen molar-refractivity contribution in [1.29, 1.82) is 5.26 Å². The highest BCUT2D eigenvalue weighted by Crippen LogP contribution is 2.33. The molecule has 0 saturated carbocycles. The molecule has 5 rings (SSSR count). The first-order chi connectivity index (χ1) is 18.5. The highest BCUT2D eigenvalue weighted by molar-refractivity contribution is 6.30. The van der Waals surface area contributed by atoms with E-state index in [1.807, 2.05) is 30.5 Å². The summed E-state index contributed by atoms with van der Waals surface area (Å²) in [6, 6.07) is 14.9. The van der Waals surface area contributed by atoms with Crippen molar-refractivity contribution in [3.63, 3.8) is 0 Å². The van der Waals surface area contributed by atoms with Crippen LogP contribution in [-0.2, 0) is 17.7 Å². The molecule has 1 aliphatic heterocycles. The molecule has 38 heavy (non-hydrogen) atoms. The number of carboxylic acids is 1. The summed E-state index contributed by atoms with van der Waals surface area (Å²) < 4.78 is 6.07. The van der Waals surface area contributed by atoms with Crippen molar-refractivity contribution in [3.05, 3.63) is 76.6 Å². The molecular weight excluding hydrogens is 502 g/mol. The van der Waals surface area contributed by atoms with Gasteiger partial charge in [0.25, 0.3) is 0 Å². The maximum atomic E-state index is 11.4. The number of pyridine rings is 2. The number of unbranched alkanes of at least 4 members (excludes halogenated alkanes) is 1. The summed E-state index contributed by atoms with van der Waals surface area (Å²) >= 11 is 6.15. The van der Waals surface area contributed by atoms with Crippen LogP contribution >= 0.6 is 11.6 Å². The van der Waals surface area contributed by atoms with Crippen molar-refractivity contribution in [2.45, 2.75) is 31.9 Å². The van der Waals surface area contributed by atoms with E-state index in [1.54, 1.807) is 24.4 Å². The summed E-state index contributed by atoms with van der Waals surface area (Å²) in [5, 5.41) is 25.2. The fourth-order valence-corrected chi connectivity index (χ4v) is 5.05. The molecule has 0 amide bonds. The largest absolute Gasteiger partial charge is 0.478 e. The number of nitrogens with one attached hydrogen (secondary N) is 1. The summed E-state index contributed by atoms with van der Waals surface area (Å²) in [7, 11) is 0. The summed E-state index contributed by atoms with van der Waals surface area (Å²) in [5.41, 5.74) is 2.89. The van der Waals surface area contributed by atoms with Crippen molar-refractivity contribution in [3.8, 4) is 6.07 Å². The SMILES string of the molecule is N#CCc1cc(Cl)cc(CNCCCCOC2CN(c3nc4cc(C(=O)O)ccc4c4cnccc34)C2)c1. The molecule has 3 heterocycles. The second-order valence-electron chi connectivity index (χ2n) is 9.48. The number of hydrogen-bond donors (Lipinski definition) is 2. The molecule has 1 fully saturated rings. The second-order valence-corrected chi connectivity index (χ2v) is 9.91. The Kier molecular flexibility index (Phi) is 7.99. The van der Waals surface area contributed by atoms with E-state index in [9.17, 15) is 9.90 Å². The van der Waals surface area contributed by atoms with Crippen molar-refractivity contribution < 1.29 is 14.6 Å². The van der Waals surface area contributed by atoms with Gasteiger partial charge in [-0.15, -0.1) is 0 Å². The smallest absolute Gasteiger partial charge is 0.335 e. The Bertz CT molecular complexity index is 1510. The van der Waals surface area contributed by atoms with E-state index in [0.717, 1.165) is 65.6 Å². The van der Waals surface area contributed by atoms with E-state index in [4.69, 9.17) is 26.6 Å². The van der Waals surface area contributed by atoms with Gasteiger partial charge in [-0.1, -0.05) is 23.7 Å². The lowest BCUT2D eigenvalue weighted by Gasteiger charge is -2.40. The second kappa shape index (κ2) is 11.7. The Hall–Kier alpha value is -3.77. The molecule has 0 atom stereocenters. The van der Waals surface area contributed by atoms with Crippen molar-refractivity contribution in [2.75, 3.05) is 31.1 Å². The first-order valence-corrected chi connectivity index (χ1v) is 13.0. The van der Waals surface area contributed by atoms with Crippen LogP contribution in [0.15, 0.2) is 54.9 Å². The minimum atomic E-state index is -0.969. The van der Waals surface area contributed by atoms with E-state index in [-0.39, 0.29) is 11.7 Å². The van der Waals surface area contributed by atoms with Crippen molar-refractivity contribution in [2.24, 2.45) is 0 Å². The first-order valence-electron chi connectivity index (χ1n) is 12.6. The van der Waals surface area contributed by atoms with E-state index >= 15 is 0 Å². The van der Waals surface area contributed by atoms with E-state index < -0.39 is 5.97 Å². The predicted molar refractivity (Wildman–Crippen MR) is 148 cm³/mol. The van der Waals surface area contributed by atoms with Crippen LogP contribution in [0.3, 0.4) is 0 Å². The summed E-state index contributed by atoms with van der Waals surface area (Å²) in [5.74, 6) is -0.135. The fraction of sp³-hybridized carbons (Fsp3) is 0.310. The quantitative estimate of drug-likeness (QED) is 0.207. The van der Waals surface area contributed by atoms with Crippen molar-refractivity contribution >= 4 is 45.1 Å². The number of benzene rings is 2. The van der Waals surface area contributed by atoms with Gasteiger partial charge in [-0.2, -0.15) is 5.26 Å². The van der Waals surface area contributed by atoms with Crippen LogP contribution in [0.4, 0.5) is 5.82 Å². The molecule has 8 nitrogen and oxygen atoms in total. The third-order valence-corrected chi connectivity index (χ3v) is 6.92. The maximum absolute atomic E-state index is 11.4. The zero-order valence-corrected chi connectivity index (χ0v) is 21.6. The molecule has 2 aromatic heterocycles. The Labute approximate surface area is 225 Å². The normalized spacial score (nSPS) is 13.5. The molecule has 1 saturated heterocycles. The molecule has 194 valence electrons. The van der Waals surface area contributed by atoms with Crippen LogP contribution < -0.4 is 10.2 Å².